The van der Waals surface area contributed by atoms with Gasteiger partial charge in [-0.2, -0.15) is 0 Å². The average molecular weight is 275 g/mol. The fourth-order valence-corrected chi connectivity index (χ4v) is 2.77. The lowest BCUT2D eigenvalue weighted by molar-refractivity contribution is 0.0222. The van der Waals surface area contributed by atoms with Crippen molar-refractivity contribution in [3.63, 3.8) is 0 Å². The molecule has 0 radical (unpaired) electrons. The summed E-state index contributed by atoms with van der Waals surface area (Å²) in [5.41, 5.74) is 0.848. The van der Waals surface area contributed by atoms with Gasteiger partial charge in [0.05, 0.1) is 0 Å². The number of amides is 1. The van der Waals surface area contributed by atoms with E-state index in [0.717, 1.165) is 19.4 Å². The van der Waals surface area contributed by atoms with E-state index in [4.69, 9.17) is 4.74 Å². The lowest BCUT2D eigenvalue weighted by Gasteiger charge is -2.28. The first-order valence-corrected chi connectivity index (χ1v) is 7.38. The van der Waals surface area contributed by atoms with Crippen molar-refractivity contribution in [2.75, 3.05) is 6.54 Å². The van der Waals surface area contributed by atoms with Gasteiger partial charge in [0.15, 0.2) is 0 Å². The molecule has 0 saturated carbocycles. The Bertz CT molecular complexity index is 450. The normalized spacial score (nSPS) is 22.9. The third kappa shape index (κ3) is 3.99. The second-order valence-corrected chi connectivity index (χ2v) is 6.82. The standard InChI is InChI=1S/C17H25NO2/c1-13-10-15(11-14-8-6-5-7-9-14)18(12-13)16(19)20-17(2,3)4/h5-9,13,15H,10-12H2,1-4H3/t13-,15-/m0/s1. The molecule has 0 aliphatic carbocycles. The van der Waals surface area contributed by atoms with E-state index in [9.17, 15) is 4.79 Å². The molecule has 2 atom stereocenters. The van der Waals surface area contributed by atoms with Gasteiger partial charge >= 0.3 is 6.09 Å². The molecular weight excluding hydrogens is 250 g/mol. The second-order valence-electron chi connectivity index (χ2n) is 6.82. The molecule has 1 heterocycles. The molecule has 1 fully saturated rings. The fraction of sp³-hybridized carbons (Fsp3) is 0.588. The van der Waals surface area contributed by atoms with Crippen LogP contribution in [0.25, 0.3) is 0 Å². The van der Waals surface area contributed by atoms with Crippen molar-refractivity contribution in [2.45, 2.75) is 52.2 Å². The maximum Gasteiger partial charge on any atom is 0.410 e. The monoisotopic (exact) mass is 275 g/mol. The van der Waals surface area contributed by atoms with Gasteiger partial charge in [0, 0.05) is 12.6 Å². The molecule has 0 bridgehead atoms. The van der Waals surface area contributed by atoms with Crippen LogP contribution in [0.15, 0.2) is 30.3 Å². The Kier molecular flexibility index (Phi) is 4.36. The van der Waals surface area contributed by atoms with Gasteiger partial charge in [0.1, 0.15) is 5.60 Å². The smallest absolute Gasteiger partial charge is 0.410 e. The molecule has 3 heteroatoms. The summed E-state index contributed by atoms with van der Waals surface area (Å²) in [4.78, 5) is 14.2. The highest BCUT2D eigenvalue weighted by molar-refractivity contribution is 5.69. The van der Waals surface area contributed by atoms with Crippen molar-refractivity contribution in [1.82, 2.24) is 4.90 Å². The van der Waals surface area contributed by atoms with Crippen LogP contribution in [0.2, 0.25) is 0 Å². The van der Waals surface area contributed by atoms with Crippen LogP contribution in [0.5, 0.6) is 0 Å². The average Bonchev–Trinajstić information content (AvgIpc) is 2.69. The molecule has 1 aromatic rings. The first kappa shape index (κ1) is 14.9. The van der Waals surface area contributed by atoms with Gasteiger partial charge in [-0.15, -0.1) is 0 Å². The number of hydrogen-bond acceptors (Lipinski definition) is 2. The molecule has 3 nitrogen and oxygen atoms in total. The predicted molar refractivity (Wildman–Crippen MR) is 80.7 cm³/mol. The van der Waals surface area contributed by atoms with Crippen molar-refractivity contribution in [3.8, 4) is 0 Å². The van der Waals surface area contributed by atoms with E-state index in [1.807, 2.05) is 43.9 Å². The summed E-state index contributed by atoms with van der Waals surface area (Å²) in [5.74, 6) is 0.538. The molecule has 2 rings (SSSR count). The van der Waals surface area contributed by atoms with Crippen molar-refractivity contribution < 1.29 is 9.53 Å². The van der Waals surface area contributed by atoms with E-state index < -0.39 is 5.60 Å². The van der Waals surface area contributed by atoms with E-state index in [1.54, 1.807) is 0 Å². The fourth-order valence-electron chi connectivity index (χ4n) is 2.77. The van der Waals surface area contributed by atoms with Gasteiger partial charge in [-0.3, -0.25) is 0 Å². The summed E-state index contributed by atoms with van der Waals surface area (Å²) in [7, 11) is 0. The van der Waals surface area contributed by atoms with Crippen LogP contribution in [-0.4, -0.2) is 29.2 Å². The van der Waals surface area contributed by atoms with Crippen molar-refractivity contribution >= 4 is 6.09 Å². The lowest BCUT2D eigenvalue weighted by Crippen LogP contribution is -2.40. The molecule has 1 aromatic carbocycles. The maximum atomic E-state index is 12.3. The summed E-state index contributed by atoms with van der Waals surface area (Å²) < 4.78 is 5.52. The zero-order chi connectivity index (χ0) is 14.8. The summed E-state index contributed by atoms with van der Waals surface area (Å²) in [6.45, 7) is 8.73. The highest BCUT2D eigenvalue weighted by atomic mass is 16.6. The largest absolute Gasteiger partial charge is 0.444 e. The number of carbonyl (C=O) groups excluding carboxylic acids is 1. The van der Waals surface area contributed by atoms with Gasteiger partial charge in [-0.25, -0.2) is 4.79 Å². The Hall–Kier alpha value is -1.51. The van der Waals surface area contributed by atoms with E-state index in [1.165, 1.54) is 5.56 Å². The molecule has 1 saturated heterocycles. The van der Waals surface area contributed by atoms with Crippen LogP contribution in [0, 0.1) is 5.92 Å². The Morgan fingerprint density at radius 1 is 1.30 bits per heavy atom. The minimum absolute atomic E-state index is 0.178. The van der Waals surface area contributed by atoms with E-state index >= 15 is 0 Å². The quantitative estimate of drug-likeness (QED) is 0.820. The van der Waals surface area contributed by atoms with Gasteiger partial charge in [0.2, 0.25) is 0 Å². The topological polar surface area (TPSA) is 29.5 Å². The third-order valence-corrected chi connectivity index (χ3v) is 3.57. The zero-order valence-corrected chi connectivity index (χ0v) is 12.9. The molecule has 0 spiro atoms. The number of ether oxygens (including phenoxy) is 1. The summed E-state index contributed by atoms with van der Waals surface area (Å²) >= 11 is 0. The number of carbonyl (C=O) groups is 1. The Labute approximate surface area is 121 Å². The molecule has 0 N–H and O–H groups in total. The Balaban J connectivity index is 2.05. The van der Waals surface area contributed by atoms with Crippen molar-refractivity contribution in [3.05, 3.63) is 35.9 Å². The van der Waals surface area contributed by atoms with E-state index in [2.05, 4.69) is 19.1 Å². The van der Waals surface area contributed by atoms with Crippen molar-refractivity contribution in [2.24, 2.45) is 5.92 Å². The van der Waals surface area contributed by atoms with Gasteiger partial charge in [0.25, 0.3) is 0 Å². The number of rotatable bonds is 2. The van der Waals surface area contributed by atoms with E-state index in [0.29, 0.717) is 5.92 Å². The van der Waals surface area contributed by atoms with Gasteiger partial charge in [-0.1, -0.05) is 37.3 Å². The molecule has 20 heavy (non-hydrogen) atoms. The highest BCUT2D eigenvalue weighted by Gasteiger charge is 2.35. The molecule has 110 valence electrons. The first-order chi connectivity index (χ1) is 9.35. The molecule has 1 aliphatic rings. The first-order valence-electron chi connectivity index (χ1n) is 7.38. The second kappa shape index (κ2) is 5.86. The lowest BCUT2D eigenvalue weighted by atomic mass is 10.0. The highest BCUT2D eigenvalue weighted by Crippen LogP contribution is 2.27. The van der Waals surface area contributed by atoms with Gasteiger partial charge < -0.3 is 9.64 Å². The van der Waals surface area contributed by atoms with Crippen LogP contribution in [0.4, 0.5) is 4.79 Å². The molecule has 1 amide bonds. The zero-order valence-electron chi connectivity index (χ0n) is 12.9. The Morgan fingerprint density at radius 3 is 2.55 bits per heavy atom. The van der Waals surface area contributed by atoms with Crippen LogP contribution in [-0.2, 0) is 11.2 Å². The molecule has 0 unspecified atom stereocenters. The third-order valence-electron chi connectivity index (χ3n) is 3.57. The van der Waals surface area contributed by atoms with Crippen LogP contribution in [0.3, 0.4) is 0 Å². The van der Waals surface area contributed by atoms with Gasteiger partial charge in [-0.05, 0) is 45.1 Å². The number of nitrogens with zero attached hydrogens (tertiary/aromatic N) is 1. The number of hydrogen-bond donors (Lipinski definition) is 0. The SMILES string of the molecule is C[C@H]1C[C@@H](Cc2ccccc2)N(C(=O)OC(C)(C)C)C1. The summed E-state index contributed by atoms with van der Waals surface area (Å²) in [6.07, 6.45) is 1.78. The number of likely N-dealkylation sites (tertiary alicyclic amines) is 1. The molecule has 1 aliphatic heterocycles. The molecule has 0 aromatic heterocycles. The van der Waals surface area contributed by atoms with Crippen LogP contribution >= 0.6 is 0 Å². The number of benzene rings is 1. The van der Waals surface area contributed by atoms with E-state index in [-0.39, 0.29) is 12.1 Å². The summed E-state index contributed by atoms with van der Waals surface area (Å²) in [5, 5.41) is 0. The minimum atomic E-state index is -0.430. The van der Waals surface area contributed by atoms with Crippen LogP contribution in [0.1, 0.15) is 39.7 Å². The Morgan fingerprint density at radius 2 is 1.95 bits per heavy atom. The van der Waals surface area contributed by atoms with Crippen LogP contribution < -0.4 is 0 Å². The maximum absolute atomic E-state index is 12.3. The minimum Gasteiger partial charge on any atom is -0.444 e. The summed E-state index contributed by atoms with van der Waals surface area (Å²) in [6, 6.07) is 10.6. The molecular formula is C17H25NO2. The van der Waals surface area contributed by atoms with Crippen molar-refractivity contribution in [1.29, 1.82) is 0 Å². The predicted octanol–water partition coefficient (Wildman–Crippen LogP) is 3.87.